The molecule has 0 saturated heterocycles. The predicted octanol–water partition coefficient (Wildman–Crippen LogP) is 16.6. The Morgan fingerprint density at radius 1 is 0.511 bits per heavy atom. The van der Waals surface area contributed by atoms with Crippen LogP contribution in [0.5, 0.6) is 0 Å². The molecule has 6 aromatic rings. The Morgan fingerprint density at radius 2 is 0.864 bits per heavy atom. The van der Waals surface area contributed by atoms with Crippen LogP contribution in [0, 0.1) is 23.7 Å². The molecule has 10 nitrogen and oxygen atoms in total. The number of benzene rings is 6. The van der Waals surface area contributed by atoms with Crippen LogP contribution in [-0.4, -0.2) is 61.2 Å². The van der Waals surface area contributed by atoms with Gasteiger partial charge in [-0.15, -0.1) is 0 Å². The number of ketones is 2. The summed E-state index contributed by atoms with van der Waals surface area (Å²) in [6, 6.07) is 45.9. The molecule has 0 amide bonds. The van der Waals surface area contributed by atoms with Gasteiger partial charge in [0.1, 0.15) is 6.29 Å². The Bertz CT molecular complexity index is 3200. The number of aliphatic hydroxyl groups excluding tert-OH is 1. The fourth-order valence-electron chi connectivity index (χ4n) is 12.4. The van der Waals surface area contributed by atoms with Crippen LogP contribution in [0.25, 0.3) is 0 Å². The third-order valence-corrected chi connectivity index (χ3v) is 18.5. The number of aliphatic hydroxyl groups is 1. The Morgan fingerprint density at radius 3 is 1.24 bits per heavy atom. The number of allylic oxidation sites excluding steroid dienone is 2. The third-order valence-electron chi connectivity index (χ3n) is 17.5. The third kappa shape index (κ3) is 21.7. The Hall–Kier alpha value is -4.21. The van der Waals surface area contributed by atoms with Crippen molar-refractivity contribution in [2.24, 2.45) is 23.7 Å². The Labute approximate surface area is 567 Å². The number of carbonyl (C=O) groups excluding carboxylic acids is 6. The molecular weight excluding hydrogens is 1540 g/mol. The number of rotatable bonds is 8. The van der Waals surface area contributed by atoms with E-state index >= 15 is 0 Å². The van der Waals surface area contributed by atoms with E-state index in [-0.39, 0.29) is 41.7 Å². The molecule has 468 valence electrons. The van der Waals surface area contributed by atoms with Crippen molar-refractivity contribution in [3.63, 3.8) is 0 Å². The number of Topliss-reactive ketones (excluding diaryl/α,β-unsaturated/α-hetero) is 2. The van der Waals surface area contributed by atoms with E-state index in [1.165, 1.54) is 42.2 Å². The first-order valence-electron chi connectivity index (χ1n) is 30.0. The molecule has 2 heterocycles. The van der Waals surface area contributed by atoms with E-state index in [0.717, 1.165) is 116 Å². The first-order chi connectivity index (χ1) is 42.6. The normalized spacial score (nSPS) is 23.2. The largest absolute Gasteiger partial charge is 0.454 e. The molecule has 4 fully saturated rings. The average molecular weight is 1610 g/mol. The van der Waals surface area contributed by atoms with Crippen molar-refractivity contribution in [2.45, 2.75) is 126 Å². The summed E-state index contributed by atoms with van der Waals surface area (Å²) in [5, 5.41) is 12.2. The molecule has 0 atom stereocenters. The van der Waals surface area contributed by atoms with Gasteiger partial charge in [-0.3, -0.25) is 14.4 Å². The molecule has 1 N–H and O–H groups in total. The zero-order chi connectivity index (χ0) is 63.0. The molecule has 0 radical (unpaired) electrons. The molecule has 6 aliphatic rings. The summed E-state index contributed by atoms with van der Waals surface area (Å²) in [6.45, 7) is 0.225. The summed E-state index contributed by atoms with van der Waals surface area (Å²) in [4.78, 5) is 69.0. The molecule has 0 aromatic heterocycles. The van der Waals surface area contributed by atoms with E-state index in [1.54, 1.807) is 48.5 Å². The van der Waals surface area contributed by atoms with E-state index < -0.39 is 11.9 Å². The van der Waals surface area contributed by atoms with Gasteiger partial charge in [-0.1, -0.05) is 131 Å². The van der Waals surface area contributed by atoms with E-state index in [2.05, 4.69) is 90.5 Å². The summed E-state index contributed by atoms with van der Waals surface area (Å²) in [7, 11) is 1.47. The van der Waals surface area contributed by atoms with Gasteiger partial charge in [-0.05, 0) is 227 Å². The van der Waals surface area contributed by atoms with Crippen LogP contribution < -0.4 is 13.3 Å². The van der Waals surface area contributed by atoms with Gasteiger partial charge in [0, 0.05) is 43.7 Å². The average Bonchev–Trinajstić information content (AvgIpc) is 2.75. The first kappa shape index (κ1) is 71.2. The van der Waals surface area contributed by atoms with Gasteiger partial charge in [0.2, 0.25) is 11.6 Å². The maximum atomic E-state index is 12.6. The number of aldehydes is 1. The predicted molar refractivity (Wildman–Crippen MR) is 363 cm³/mol. The SMILES string of the molecule is COC(=O)C1CCC(c2ccc(Cl)cc2)CC1.I[I-]I.O=C1COC(=O)c2ccccc21.O=C1O/C(=C\C2CCC(c3ccc(Cl)cc3)CC2)C(=O)c2ccccc21.O=CC1CCC(c2ccc(Cl)cc2)CC1.OCC1CCC(c2ccc(Cl)cc2)CC1. The topological polar surface area (TPSA) is 150 Å². The molecule has 0 spiro atoms. The van der Waals surface area contributed by atoms with Gasteiger partial charge in [-0.2, -0.15) is 0 Å². The quantitative estimate of drug-likeness (QED) is 0.0513. The van der Waals surface area contributed by atoms with Crippen LogP contribution in [0.4, 0.5) is 0 Å². The van der Waals surface area contributed by atoms with Crippen molar-refractivity contribution in [3.05, 3.63) is 222 Å². The van der Waals surface area contributed by atoms with Crippen molar-refractivity contribution in [1.82, 2.24) is 0 Å². The number of cyclic esters (lactones) is 2. The summed E-state index contributed by atoms with van der Waals surface area (Å²) in [5.74, 6) is 2.52. The number of fused-ring (bicyclic) bond motifs is 2. The molecule has 0 bridgehead atoms. The molecule has 88 heavy (non-hydrogen) atoms. The molecule has 4 aliphatic carbocycles. The molecule has 17 heteroatoms. The number of hydrogen-bond acceptors (Lipinski definition) is 10. The number of ether oxygens (including phenoxy) is 3. The van der Waals surface area contributed by atoms with Gasteiger partial charge in [0.25, 0.3) is 0 Å². The molecule has 2 aliphatic heterocycles. The zero-order valence-electron chi connectivity index (χ0n) is 49.1. The van der Waals surface area contributed by atoms with Crippen LogP contribution in [0.3, 0.4) is 0 Å². The van der Waals surface area contributed by atoms with Gasteiger partial charge < -0.3 is 24.1 Å². The fraction of sp³-hybridized carbons (Fsp3) is 0.380. The van der Waals surface area contributed by atoms with Crippen LogP contribution in [0.15, 0.2) is 157 Å². The Balaban J connectivity index is 0.000000159. The second kappa shape index (κ2) is 37.3. The number of hydrogen-bond donors (Lipinski definition) is 1. The van der Waals surface area contributed by atoms with Crippen molar-refractivity contribution in [1.29, 1.82) is 0 Å². The summed E-state index contributed by atoms with van der Waals surface area (Å²) in [6.07, 6.45) is 20.0. The molecule has 4 saturated carbocycles. The van der Waals surface area contributed by atoms with Gasteiger partial charge in [-0.25, -0.2) is 9.59 Å². The minimum Gasteiger partial charge on any atom is -0.454 e. The second-order valence-corrected chi connectivity index (χ2v) is 40.9. The number of halogens is 7. The van der Waals surface area contributed by atoms with E-state index in [9.17, 15) is 28.8 Å². The first-order valence-corrected chi connectivity index (χ1v) is 44.1. The van der Waals surface area contributed by atoms with Crippen molar-refractivity contribution in [3.8, 4) is 0 Å². The molecular formula is C71H74Cl4I3O10-. The van der Waals surface area contributed by atoms with Crippen LogP contribution in [0.2, 0.25) is 20.1 Å². The molecule has 0 unspecified atom stereocenters. The van der Waals surface area contributed by atoms with Crippen LogP contribution in [0.1, 0.15) is 190 Å². The zero-order valence-corrected chi connectivity index (χ0v) is 58.6. The smallest absolute Gasteiger partial charge is 0.344 e. The maximum absolute atomic E-state index is 12.6. The van der Waals surface area contributed by atoms with Crippen molar-refractivity contribution in [2.75, 3.05) is 20.3 Å². The fourth-order valence-corrected chi connectivity index (χ4v) is 12.9. The number of carbonyl (C=O) groups is 6. The van der Waals surface area contributed by atoms with E-state index in [1.807, 2.05) is 54.6 Å². The monoisotopic (exact) mass is 1610 g/mol. The minimum absolute atomic E-state index is 0.0560. The van der Waals surface area contributed by atoms with Gasteiger partial charge in [0.15, 0.2) is 12.4 Å². The number of methoxy groups -OCH3 is 1. The Kier molecular flexibility index (Phi) is 30.2. The molecule has 6 aromatic carbocycles. The minimum atomic E-state index is -0.443. The molecule has 12 rings (SSSR count). The maximum Gasteiger partial charge on any atom is 0.344 e. The van der Waals surface area contributed by atoms with Crippen LogP contribution >= 0.6 is 83.6 Å². The van der Waals surface area contributed by atoms with Crippen molar-refractivity contribution >= 4 is 119 Å². The van der Waals surface area contributed by atoms with Crippen LogP contribution in [-0.2, 0) is 23.8 Å². The van der Waals surface area contributed by atoms with Gasteiger partial charge >= 0.3 is 68.4 Å². The summed E-state index contributed by atoms with van der Waals surface area (Å²) >= 11 is 28.8. The summed E-state index contributed by atoms with van der Waals surface area (Å²) in [5.41, 5.74) is 7.03. The standard InChI is InChI=1S/C22H19ClO3.C14H17ClO2.C13H17ClO.C13H15ClO.C9H6O3.I3/c23-17-11-9-16(10-12-17)15-7-5-14(6-8-15)13-20-21(24)18-3-1-2-4-19(18)22(25)26-20;1-17-14(16)12-4-2-10(3-5-12)11-6-8-13(15)9-7-11;2*14-13-7-5-12(6-8-13)11-3-1-10(9-15)2-4-11;10-8-5-12-9(11)7-4-2-1-3-6(7)8;1-3-2/h1-4,9-15H,5-8H2;6-10,12H,2-5H2,1H3;5-8,10-11,15H,1-4,9H2;5-11H,1-4H2;1-4H,5H2;/q;;;;;-1/b20-13-;;;;;. The van der Waals surface area contributed by atoms with Crippen molar-refractivity contribution < 1.29 is 61.3 Å². The summed E-state index contributed by atoms with van der Waals surface area (Å²) < 4.78 is 14.7. The van der Waals surface area contributed by atoms with Gasteiger partial charge in [0.05, 0.1) is 24.2 Å². The second-order valence-electron chi connectivity index (χ2n) is 22.9. The number of esters is 3. The van der Waals surface area contributed by atoms with E-state index in [4.69, 9.17) is 61.0 Å². The van der Waals surface area contributed by atoms with E-state index in [0.29, 0.717) is 77.6 Å².